The van der Waals surface area contributed by atoms with Crippen molar-refractivity contribution in [2.45, 2.75) is 25.8 Å². The molecule has 0 saturated carbocycles. The Balaban J connectivity index is 2.12. The summed E-state index contributed by atoms with van der Waals surface area (Å²) in [4.78, 5) is 11.0. The predicted molar refractivity (Wildman–Crippen MR) is 88.4 cm³/mol. The molecule has 0 aliphatic heterocycles. The molecule has 0 bridgehead atoms. The van der Waals surface area contributed by atoms with Crippen LogP contribution in [0.3, 0.4) is 0 Å². The van der Waals surface area contributed by atoms with Gasteiger partial charge in [-0.2, -0.15) is 0 Å². The topological polar surface area (TPSA) is 80.0 Å². The van der Waals surface area contributed by atoms with E-state index < -0.39 is 5.91 Å². The number of hydroxylamine groups is 1. The lowest BCUT2D eigenvalue weighted by Crippen LogP contribution is -2.14. The third-order valence-corrected chi connectivity index (χ3v) is 3.28. The smallest absolute Gasteiger partial charge is 0.267 e. The summed E-state index contributed by atoms with van der Waals surface area (Å²) in [6.45, 7) is 2.12. The number of rotatable bonds is 7. The van der Waals surface area contributed by atoms with Gasteiger partial charge in [-0.05, 0) is 18.1 Å². The van der Waals surface area contributed by atoms with Gasteiger partial charge >= 0.3 is 0 Å². The molecule has 0 aliphatic rings. The highest BCUT2D eigenvalue weighted by molar-refractivity contribution is 5.90. The zero-order valence-corrected chi connectivity index (χ0v) is 13.0. The highest BCUT2D eigenvalue weighted by atomic mass is 16.5. The molecule has 1 unspecified atom stereocenters. The van der Waals surface area contributed by atoms with Crippen LogP contribution < -0.4 is 5.48 Å². The van der Waals surface area contributed by atoms with Crippen LogP contribution in [0.1, 0.15) is 37.1 Å². The van der Waals surface area contributed by atoms with Crippen molar-refractivity contribution in [1.82, 2.24) is 20.5 Å². The van der Waals surface area contributed by atoms with Crippen LogP contribution in [0.2, 0.25) is 0 Å². The first-order valence-corrected chi connectivity index (χ1v) is 7.50. The lowest BCUT2D eigenvalue weighted by atomic mass is 10.1. The first kappa shape index (κ1) is 16.6. The van der Waals surface area contributed by atoms with Gasteiger partial charge in [0.05, 0.1) is 12.2 Å². The number of hydrogen-bond donors (Lipinski definition) is 2. The van der Waals surface area contributed by atoms with Crippen LogP contribution in [0, 0.1) is 0 Å². The van der Waals surface area contributed by atoms with E-state index in [-0.39, 0.29) is 6.04 Å². The number of carbonyl (C=O) groups excluding carboxylic acids is 1. The van der Waals surface area contributed by atoms with E-state index in [1.54, 1.807) is 10.9 Å². The van der Waals surface area contributed by atoms with Crippen molar-refractivity contribution >= 4 is 18.1 Å². The van der Waals surface area contributed by atoms with E-state index in [2.05, 4.69) is 29.4 Å². The molecule has 0 fully saturated rings. The van der Waals surface area contributed by atoms with Crippen LogP contribution >= 0.6 is 0 Å². The Kier molecular flexibility index (Phi) is 6.26. The van der Waals surface area contributed by atoms with Crippen molar-refractivity contribution in [3.05, 3.63) is 59.9 Å². The average Bonchev–Trinajstić information content (AvgIpc) is 3.06. The van der Waals surface area contributed by atoms with Gasteiger partial charge in [-0.3, -0.25) is 10.0 Å². The molecule has 2 aromatic rings. The summed E-state index contributed by atoms with van der Waals surface area (Å²) < 4.78 is 1.78. The van der Waals surface area contributed by atoms with Crippen LogP contribution in [-0.4, -0.2) is 26.1 Å². The number of nitrogens with zero attached hydrogens (tertiary/aromatic N) is 3. The minimum absolute atomic E-state index is 0.0986. The van der Waals surface area contributed by atoms with Gasteiger partial charge in [0.1, 0.15) is 5.69 Å². The molecule has 1 aromatic carbocycles. The Morgan fingerprint density at radius 2 is 2.13 bits per heavy atom. The standard InChI is InChI=1S/C17H20N4O2/c1-2-6-16(11-9-14-7-4-3-5-8-14)21-13-15(18-20-21)10-12-17(22)19-23/h3-5,7-13,16,23H,2,6H2,1H3,(H,19,22)/b11-9+,12-10+. The summed E-state index contributed by atoms with van der Waals surface area (Å²) in [5.74, 6) is -0.603. The Hall–Kier alpha value is -2.73. The van der Waals surface area contributed by atoms with Gasteiger partial charge in [0.2, 0.25) is 0 Å². The van der Waals surface area contributed by atoms with Crippen LogP contribution in [0.25, 0.3) is 12.2 Å². The maximum Gasteiger partial charge on any atom is 0.267 e. The van der Waals surface area contributed by atoms with Gasteiger partial charge in [-0.25, -0.2) is 10.2 Å². The fraction of sp³-hybridized carbons (Fsp3) is 0.235. The van der Waals surface area contributed by atoms with Gasteiger partial charge in [0.15, 0.2) is 0 Å². The number of aromatic nitrogens is 3. The minimum Gasteiger partial charge on any atom is -0.288 e. The van der Waals surface area contributed by atoms with Gasteiger partial charge in [-0.15, -0.1) is 5.10 Å². The molecule has 1 amide bonds. The first-order valence-electron chi connectivity index (χ1n) is 7.50. The molecule has 1 atom stereocenters. The Morgan fingerprint density at radius 3 is 2.83 bits per heavy atom. The molecule has 0 saturated heterocycles. The second-order valence-electron chi connectivity index (χ2n) is 5.06. The number of allylic oxidation sites excluding steroid dienone is 1. The molecule has 0 radical (unpaired) electrons. The summed E-state index contributed by atoms with van der Waals surface area (Å²) >= 11 is 0. The maximum absolute atomic E-state index is 11.0. The first-order chi connectivity index (χ1) is 11.2. The van der Waals surface area contributed by atoms with Crippen molar-refractivity contribution in [2.24, 2.45) is 0 Å². The van der Waals surface area contributed by atoms with Crippen molar-refractivity contribution < 1.29 is 10.0 Å². The van der Waals surface area contributed by atoms with E-state index in [0.717, 1.165) is 18.4 Å². The van der Waals surface area contributed by atoms with E-state index in [1.165, 1.54) is 17.6 Å². The van der Waals surface area contributed by atoms with E-state index >= 15 is 0 Å². The van der Waals surface area contributed by atoms with Crippen LogP contribution in [0.4, 0.5) is 0 Å². The molecule has 23 heavy (non-hydrogen) atoms. The molecule has 6 heteroatoms. The third kappa shape index (κ3) is 5.19. The van der Waals surface area contributed by atoms with Crippen molar-refractivity contribution in [1.29, 1.82) is 0 Å². The zero-order valence-electron chi connectivity index (χ0n) is 13.0. The highest BCUT2D eigenvalue weighted by Crippen LogP contribution is 2.17. The van der Waals surface area contributed by atoms with Gasteiger partial charge < -0.3 is 0 Å². The van der Waals surface area contributed by atoms with E-state index in [9.17, 15) is 4.79 Å². The summed E-state index contributed by atoms with van der Waals surface area (Å²) in [6.07, 6.45) is 10.6. The quantitative estimate of drug-likeness (QED) is 0.468. The fourth-order valence-electron chi connectivity index (χ4n) is 2.13. The molecule has 0 aliphatic carbocycles. The molecule has 6 nitrogen and oxygen atoms in total. The second kappa shape index (κ2) is 8.65. The summed E-state index contributed by atoms with van der Waals surface area (Å²) in [5.41, 5.74) is 3.22. The molecular weight excluding hydrogens is 292 g/mol. The summed E-state index contributed by atoms with van der Waals surface area (Å²) in [7, 11) is 0. The van der Waals surface area contributed by atoms with Crippen LogP contribution in [0.5, 0.6) is 0 Å². The number of amides is 1. The van der Waals surface area contributed by atoms with Gasteiger partial charge in [-0.1, -0.05) is 61.0 Å². The third-order valence-electron chi connectivity index (χ3n) is 3.28. The van der Waals surface area contributed by atoms with Crippen LogP contribution in [-0.2, 0) is 4.79 Å². The highest BCUT2D eigenvalue weighted by Gasteiger charge is 2.08. The Labute approximate surface area is 135 Å². The molecular formula is C17H20N4O2. The van der Waals surface area contributed by atoms with Crippen molar-refractivity contribution in [3.63, 3.8) is 0 Å². The number of benzene rings is 1. The number of nitrogens with one attached hydrogen (secondary N) is 1. The largest absolute Gasteiger partial charge is 0.288 e. The lowest BCUT2D eigenvalue weighted by Gasteiger charge is -2.11. The predicted octanol–water partition coefficient (Wildman–Crippen LogP) is 2.85. The molecule has 0 spiro atoms. The Morgan fingerprint density at radius 1 is 1.35 bits per heavy atom. The average molecular weight is 312 g/mol. The molecule has 2 rings (SSSR count). The number of carbonyl (C=O) groups is 1. The van der Waals surface area contributed by atoms with Crippen molar-refractivity contribution in [3.8, 4) is 0 Å². The van der Waals surface area contributed by atoms with E-state index in [0.29, 0.717) is 5.69 Å². The lowest BCUT2D eigenvalue weighted by molar-refractivity contribution is -0.124. The van der Waals surface area contributed by atoms with E-state index in [4.69, 9.17) is 5.21 Å². The maximum atomic E-state index is 11.0. The van der Waals surface area contributed by atoms with Crippen LogP contribution in [0.15, 0.2) is 48.7 Å². The van der Waals surface area contributed by atoms with Gasteiger partial charge in [0.25, 0.3) is 5.91 Å². The Bertz CT molecular complexity index is 677. The van der Waals surface area contributed by atoms with E-state index in [1.807, 2.05) is 30.3 Å². The molecule has 1 heterocycles. The zero-order chi connectivity index (χ0) is 16.5. The molecule has 2 N–H and O–H groups in total. The fourth-order valence-corrected chi connectivity index (χ4v) is 2.13. The summed E-state index contributed by atoms with van der Waals surface area (Å²) in [6, 6.07) is 10.2. The SMILES string of the molecule is CCCC(/C=C/c1ccccc1)n1cc(/C=C/C(=O)NO)nn1. The number of hydrogen-bond acceptors (Lipinski definition) is 4. The van der Waals surface area contributed by atoms with Crippen molar-refractivity contribution in [2.75, 3.05) is 0 Å². The monoisotopic (exact) mass is 312 g/mol. The normalized spacial score (nSPS) is 12.8. The molecule has 120 valence electrons. The van der Waals surface area contributed by atoms with Gasteiger partial charge in [0, 0.05) is 6.08 Å². The second-order valence-corrected chi connectivity index (χ2v) is 5.06. The minimum atomic E-state index is -0.603. The molecule has 1 aromatic heterocycles. The summed E-state index contributed by atoms with van der Waals surface area (Å²) in [5, 5.41) is 16.6.